The fourth-order valence-electron chi connectivity index (χ4n) is 2.98. The number of amides is 1. The molecule has 1 amide bonds. The molecule has 1 aromatic heterocycles. The van der Waals surface area contributed by atoms with Gasteiger partial charge in [0, 0.05) is 36.4 Å². The molecule has 8 heteroatoms. The van der Waals surface area contributed by atoms with Crippen LogP contribution >= 0.6 is 23.1 Å². The van der Waals surface area contributed by atoms with Crippen LogP contribution in [0.25, 0.3) is 10.8 Å². The minimum Gasteiger partial charge on any atom is -0.426 e. The maximum atomic E-state index is 12.8. The molecule has 0 atom stereocenters. The van der Waals surface area contributed by atoms with Gasteiger partial charge in [-0.3, -0.25) is 14.4 Å². The van der Waals surface area contributed by atoms with Crippen LogP contribution in [0.1, 0.15) is 35.5 Å². The second-order valence-corrected chi connectivity index (χ2v) is 8.89. The van der Waals surface area contributed by atoms with Gasteiger partial charge in [0.25, 0.3) is 5.91 Å². The summed E-state index contributed by atoms with van der Waals surface area (Å²) in [5, 5.41) is 6.24. The van der Waals surface area contributed by atoms with E-state index in [1.54, 1.807) is 41.7 Å². The summed E-state index contributed by atoms with van der Waals surface area (Å²) in [6.45, 7) is 3.10. The van der Waals surface area contributed by atoms with Crippen molar-refractivity contribution in [2.75, 3.05) is 12.3 Å². The first-order chi connectivity index (χ1) is 14.9. The molecule has 0 radical (unpaired) electrons. The highest BCUT2D eigenvalue weighted by atomic mass is 32.2. The molecule has 0 saturated heterocycles. The third-order valence-corrected chi connectivity index (χ3v) is 6.42. The molecule has 2 aromatic carbocycles. The molecule has 0 spiro atoms. The summed E-state index contributed by atoms with van der Waals surface area (Å²) in [6, 6.07) is 12.5. The number of carbonyl (C=O) groups is 3. The van der Waals surface area contributed by atoms with E-state index in [1.807, 2.05) is 17.8 Å². The lowest BCUT2D eigenvalue weighted by Crippen LogP contribution is -2.25. The fourth-order valence-corrected chi connectivity index (χ4v) is 4.78. The monoisotopic (exact) mass is 457 g/mol. The smallest absolute Gasteiger partial charge is 0.308 e. The number of thiophene rings is 1. The molecule has 0 aliphatic carbocycles. The Labute approximate surface area is 188 Å². The molecule has 0 saturated carbocycles. The first-order valence-corrected chi connectivity index (χ1v) is 11.8. The Hall–Kier alpha value is -2.84. The summed E-state index contributed by atoms with van der Waals surface area (Å²) in [5.74, 6) is 1.05. The number of esters is 2. The molecule has 31 heavy (non-hydrogen) atoms. The SMILES string of the molecule is CC(=O)Oc1cc2c(OC(C)=O)cccc2cc1C(=O)NCCCSCc1cccs1. The first kappa shape index (κ1) is 22.8. The average Bonchev–Trinajstić information content (AvgIpc) is 3.23. The van der Waals surface area contributed by atoms with Crippen LogP contribution in [0.2, 0.25) is 0 Å². The van der Waals surface area contributed by atoms with E-state index in [0.29, 0.717) is 23.1 Å². The van der Waals surface area contributed by atoms with E-state index in [9.17, 15) is 14.4 Å². The highest BCUT2D eigenvalue weighted by Gasteiger charge is 2.17. The van der Waals surface area contributed by atoms with Gasteiger partial charge in [0.05, 0.1) is 5.56 Å². The molecular weight excluding hydrogens is 434 g/mol. The number of hydrogen-bond donors (Lipinski definition) is 1. The number of ether oxygens (including phenoxy) is 2. The predicted molar refractivity (Wildman–Crippen MR) is 124 cm³/mol. The molecular formula is C23H23NO5S2. The summed E-state index contributed by atoms with van der Waals surface area (Å²) < 4.78 is 10.5. The molecule has 0 aliphatic heterocycles. The molecule has 6 nitrogen and oxygen atoms in total. The Morgan fingerprint density at radius 1 is 1.00 bits per heavy atom. The predicted octanol–water partition coefficient (Wildman–Crippen LogP) is 4.81. The van der Waals surface area contributed by atoms with Crippen LogP contribution in [0.3, 0.4) is 0 Å². The van der Waals surface area contributed by atoms with Gasteiger partial charge in [-0.05, 0) is 47.2 Å². The lowest BCUT2D eigenvalue weighted by atomic mass is 10.0. The molecule has 3 rings (SSSR count). The Morgan fingerprint density at radius 2 is 1.77 bits per heavy atom. The van der Waals surface area contributed by atoms with Gasteiger partial charge in [0.15, 0.2) is 0 Å². The number of carbonyl (C=O) groups excluding carboxylic acids is 3. The van der Waals surface area contributed by atoms with Gasteiger partial charge in [0.2, 0.25) is 0 Å². The van der Waals surface area contributed by atoms with Gasteiger partial charge in [-0.25, -0.2) is 0 Å². The maximum absolute atomic E-state index is 12.8. The Morgan fingerprint density at radius 3 is 2.48 bits per heavy atom. The standard InChI is InChI=1S/C23H23NO5S2/c1-15(25)28-21-8-3-6-17-12-20(22(13-19(17)21)29-16(2)26)23(27)24-9-5-10-30-14-18-7-4-11-31-18/h3-4,6-8,11-13H,5,9-10,14H2,1-2H3,(H,24,27). The van der Waals surface area contributed by atoms with Crippen LogP contribution in [-0.2, 0) is 15.3 Å². The second kappa shape index (κ2) is 11.0. The zero-order valence-corrected chi connectivity index (χ0v) is 18.9. The van der Waals surface area contributed by atoms with Crippen molar-refractivity contribution in [2.24, 2.45) is 0 Å². The maximum Gasteiger partial charge on any atom is 0.308 e. The number of rotatable bonds is 9. The Bertz CT molecular complexity index is 1080. The van der Waals surface area contributed by atoms with E-state index in [2.05, 4.69) is 16.8 Å². The number of nitrogens with one attached hydrogen (secondary N) is 1. The number of hydrogen-bond acceptors (Lipinski definition) is 7. The van der Waals surface area contributed by atoms with Crippen LogP contribution in [0.5, 0.6) is 11.5 Å². The molecule has 0 unspecified atom stereocenters. The van der Waals surface area contributed by atoms with E-state index >= 15 is 0 Å². The van der Waals surface area contributed by atoms with Gasteiger partial charge in [-0.2, -0.15) is 11.8 Å². The third-order valence-electron chi connectivity index (χ3n) is 4.27. The molecule has 1 N–H and O–H groups in total. The van der Waals surface area contributed by atoms with Crippen LogP contribution in [-0.4, -0.2) is 30.1 Å². The van der Waals surface area contributed by atoms with Gasteiger partial charge in [-0.1, -0.05) is 18.2 Å². The molecule has 0 fully saturated rings. The highest BCUT2D eigenvalue weighted by Crippen LogP contribution is 2.32. The van der Waals surface area contributed by atoms with Crippen molar-refractivity contribution < 1.29 is 23.9 Å². The van der Waals surface area contributed by atoms with E-state index in [0.717, 1.165) is 17.9 Å². The first-order valence-electron chi connectivity index (χ1n) is 9.76. The van der Waals surface area contributed by atoms with E-state index in [1.165, 1.54) is 18.7 Å². The summed E-state index contributed by atoms with van der Waals surface area (Å²) in [4.78, 5) is 37.1. The topological polar surface area (TPSA) is 81.7 Å². The van der Waals surface area contributed by atoms with Crippen LogP contribution in [0.15, 0.2) is 47.8 Å². The average molecular weight is 458 g/mol. The second-order valence-electron chi connectivity index (χ2n) is 6.75. The lowest BCUT2D eigenvalue weighted by Gasteiger charge is -2.13. The van der Waals surface area contributed by atoms with Crippen molar-refractivity contribution in [1.82, 2.24) is 5.32 Å². The number of benzene rings is 2. The number of thioether (sulfide) groups is 1. The van der Waals surface area contributed by atoms with E-state index in [4.69, 9.17) is 9.47 Å². The van der Waals surface area contributed by atoms with Gasteiger partial charge in [-0.15, -0.1) is 11.3 Å². The van der Waals surface area contributed by atoms with Crippen molar-refractivity contribution in [3.63, 3.8) is 0 Å². The van der Waals surface area contributed by atoms with E-state index < -0.39 is 11.9 Å². The highest BCUT2D eigenvalue weighted by molar-refractivity contribution is 7.98. The Balaban J connectivity index is 1.69. The third kappa shape index (κ3) is 6.57. The number of fused-ring (bicyclic) bond motifs is 1. The Kier molecular flexibility index (Phi) is 8.08. The van der Waals surface area contributed by atoms with Crippen LogP contribution in [0, 0.1) is 0 Å². The fraction of sp³-hybridized carbons (Fsp3) is 0.261. The summed E-state index contributed by atoms with van der Waals surface area (Å²) in [5.41, 5.74) is 0.258. The van der Waals surface area contributed by atoms with Gasteiger partial charge < -0.3 is 14.8 Å². The summed E-state index contributed by atoms with van der Waals surface area (Å²) in [6.07, 6.45) is 0.828. The van der Waals surface area contributed by atoms with Crippen molar-refractivity contribution in [2.45, 2.75) is 26.0 Å². The van der Waals surface area contributed by atoms with Crippen molar-refractivity contribution in [1.29, 1.82) is 0 Å². The molecule has 1 heterocycles. The molecule has 3 aromatic rings. The molecule has 0 aliphatic rings. The minimum atomic E-state index is -0.539. The lowest BCUT2D eigenvalue weighted by molar-refractivity contribution is -0.132. The molecule has 162 valence electrons. The van der Waals surface area contributed by atoms with Crippen LogP contribution in [0.4, 0.5) is 0 Å². The summed E-state index contributed by atoms with van der Waals surface area (Å²) in [7, 11) is 0. The minimum absolute atomic E-state index is 0.129. The summed E-state index contributed by atoms with van der Waals surface area (Å²) >= 11 is 3.57. The normalized spacial score (nSPS) is 10.6. The molecule has 0 bridgehead atoms. The quantitative estimate of drug-likeness (QED) is 0.282. The van der Waals surface area contributed by atoms with E-state index in [-0.39, 0.29) is 17.2 Å². The van der Waals surface area contributed by atoms with Crippen LogP contribution < -0.4 is 14.8 Å². The van der Waals surface area contributed by atoms with Gasteiger partial charge in [0.1, 0.15) is 11.5 Å². The zero-order chi connectivity index (χ0) is 22.2. The largest absolute Gasteiger partial charge is 0.426 e. The van der Waals surface area contributed by atoms with Crippen molar-refractivity contribution in [3.05, 3.63) is 58.3 Å². The van der Waals surface area contributed by atoms with Crippen molar-refractivity contribution >= 4 is 51.7 Å². The van der Waals surface area contributed by atoms with Gasteiger partial charge >= 0.3 is 11.9 Å². The zero-order valence-electron chi connectivity index (χ0n) is 17.3. The van der Waals surface area contributed by atoms with Crippen molar-refractivity contribution in [3.8, 4) is 11.5 Å².